The van der Waals surface area contributed by atoms with Crippen molar-refractivity contribution in [2.75, 3.05) is 13.1 Å². The van der Waals surface area contributed by atoms with Crippen molar-refractivity contribution in [1.82, 2.24) is 20.0 Å². The van der Waals surface area contributed by atoms with E-state index in [0.29, 0.717) is 6.54 Å². The van der Waals surface area contributed by atoms with E-state index in [4.69, 9.17) is 0 Å². The number of carbonyl (C=O) groups excluding carboxylic acids is 1. The Bertz CT molecular complexity index is 1190. The molecule has 7 nitrogen and oxygen atoms in total. The standard InChI is InChI=1S/C24H28N4O3S2/c29-23(26-12-3-6-24-28-22(17-32-24)19-9-13-25-14-10-19)11-15-27-33(30,31)21-8-7-18-4-1-2-5-20(18)16-21/h7-10,13-14,16-17,27H,1-6,11-12,15H2,(H,26,29). The minimum absolute atomic E-state index is 0.0764. The van der Waals surface area contributed by atoms with Crippen LogP contribution in [0.4, 0.5) is 0 Å². The molecule has 1 aromatic carbocycles. The highest BCUT2D eigenvalue weighted by molar-refractivity contribution is 7.89. The van der Waals surface area contributed by atoms with Crippen LogP contribution in [0.1, 0.15) is 41.8 Å². The minimum Gasteiger partial charge on any atom is -0.356 e. The molecule has 1 amide bonds. The van der Waals surface area contributed by atoms with Gasteiger partial charge >= 0.3 is 0 Å². The summed E-state index contributed by atoms with van der Waals surface area (Å²) >= 11 is 1.61. The van der Waals surface area contributed by atoms with Gasteiger partial charge in [-0.15, -0.1) is 11.3 Å². The van der Waals surface area contributed by atoms with Crippen molar-refractivity contribution in [2.45, 2.75) is 49.8 Å². The fourth-order valence-corrected chi connectivity index (χ4v) is 5.83. The Morgan fingerprint density at radius 2 is 1.82 bits per heavy atom. The molecular weight excluding hydrogens is 456 g/mol. The Morgan fingerprint density at radius 3 is 2.64 bits per heavy atom. The number of fused-ring (bicyclic) bond motifs is 1. The lowest BCUT2D eigenvalue weighted by atomic mass is 9.92. The molecule has 2 N–H and O–H groups in total. The predicted molar refractivity (Wildman–Crippen MR) is 130 cm³/mol. The van der Waals surface area contributed by atoms with Gasteiger partial charge in [-0.3, -0.25) is 9.78 Å². The summed E-state index contributed by atoms with van der Waals surface area (Å²) in [7, 11) is -3.61. The fraction of sp³-hybridized carbons (Fsp3) is 0.375. The van der Waals surface area contributed by atoms with Crippen LogP contribution in [0.2, 0.25) is 0 Å². The molecule has 0 fully saturated rings. The maximum Gasteiger partial charge on any atom is 0.240 e. The molecule has 2 aromatic heterocycles. The van der Waals surface area contributed by atoms with Gasteiger partial charge in [0.1, 0.15) is 0 Å². The number of aryl methyl sites for hydroxylation is 3. The second-order valence-corrected chi connectivity index (χ2v) is 10.8. The van der Waals surface area contributed by atoms with Gasteiger partial charge in [0.2, 0.25) is 15.9 Å². The van der Waals surface area contributed by atoms with Gasteiger partial charge in [-0.25, -0.2) is 18.1 Å². The van der Waals surface area contributed by atoms with Crippen molar-refractivity contribution in [1.29, 1.82) is 0 Å². The van der Waals surface area contributed by atoms with E-state index < -0.39 is 10.0 Å². The predicted octanol–water partition coefficient (Wildman–Crippen LogP) is 3.50. The SMILES string of the molecule is O=C(CCNS(=O)(=O)c1ccc2c(c1)CCCC2)NCCCc1nc(-c2ccncc2)cs1. The van der Waals surface area contributed by atoms with Gasteiger partial charge in [-0.1, -0.05) is 6.07 Å². The zero-order valence-electron chi connectivity index (χ0n) is 18.4. The molecule has 0 atom stereocenters. The lowest BCUT2D eigenvalue weighted by Crippen LogP contribution is -2.31. The Balaban J connectivity index is 1.16. The smallest absolute Gasteiger partial charge is 0.240 e. The second-order valence-electron chi connectivity index (χ2n) is 8.10. The number of nitrogens with zero attached hydrogens (tertiary/aromatic N) is 2. The molecule has 0 spiro atoms. The monoisotopic (exact) mass is 484 g/mol. The van der Waals surface area contributed by atoms with E-state index in [9.17, 15) is 13.2 Å². The highest BCUT2D eigenvalue weighted by Crippen LogP contribution is 2.24. The maximum absolute atomic E-state index is 12.6. The molecule has 0 unspecified atom stereocenters. The highest BCUT2D eigenvalue weighted by Gasteiger charge is 2.17. The van der Waals surface area contributed by atoms with Crippen molar-refractivity contribution in [3.8, 4) is 11.3 Å². The average molecular weight is 485 g/mol. The molecule has 3 aromatic rings. The number of amides is 1. The second kappa shape index (κ2) is 11.0. The first-order valence-electron chi connectivity index (χ1n) is 11.2. The quantitative estimate of drug-likeness (QED) is 0.429. The van der Waals surface area contributed by atoms with E-state index in [1.165, 1.54) is 5.56 Å². The highest BCUT2D eigenvalue weighted by atomic mass is 32.2. The van der Waals surface area contributed by atoms with E-state index in [1.54, 1.807) is 35.9 Å². The van der Waals surface area contributed by atoms with E-state index in [0.717, 1.165) is 60.4 Å². The third-order valence-electron chi connectivity index (χ3n) is 5.69. The first-order chi connectivity index (χ1) is 16.0. The molecule has 0 saturated carbocycles. The van der Waals surface area contributed by atoms with Gasteiger partial charge in [0.05, 0.1) is 15.6 Å². The van der Waals surface area contributed by atoms with Crippen LogP contribution in [0, 0.1) is 0 Å². The van der Waals surface area contributed by atoms with Crippen LogP contribution < -0.4 is 10.0 Å². The summed E-state index contributed by atoms with van der Waals surface area (Å²) in [5.41, 5.74) is 4.34. The van der Waals surface area contributed by atoms with E-state index in [-0.39, 0.29) is 23.8 Å². The first-order valence-corrected chi connectivity index (χ1v) is 13.6. The maximum atomic E-state index is 12.6. The third kappa shape index (κ3) is 6.46. The largest absolute Gasteiger partial charge is 0.356 e. The number of rotatable bonds is 10. The Morgan fingerprint density at radius 1 is 1.03 bits per heavy atom. The van der Waals surface area contributed by atoms with Gasteiger partial charge < -0.3 is 5.32 Å². The number of nitrogens with one attached hydrogen (secondary N) is 2. The van der Waals surface area contributed by atoms with Crippen molar-refractivity contribution in [3.05, 3.63) is 64.2 Å². The molecular formula is C24H28N4O3S2. The number of benzene rings is 1. The number of aromatic nitrogens is 2. The van der Waals surface area contributed by atoms with Crippen LogP contribution in [-0.4, -0.2) is 37.4 Å². The molecule has 0 saturated heterocycles. The summed E-state index contributed by atoms with van der Waals surface area (Å²) in [5, 5.41) is 5.90. The molecule has 4 rings (SSSR count). The van der Waals surface area contributed by atoms with E-state index in [2.05, 4.69) is 20.0 Å². The fourth-order valence-electron chi connectivity index (χ4n) is 3.90. The number of sulfonamides is 1. The van der Waals surface area contributed by atoms with Crippen molar-refractivity contribution in [2.24, 2.45) is 0 Å². The number of carbonyl (C=O) groups is 1. The van der Waals surface area contributed by atoms with Gasteiger partial charge in [0, 0.05) is 49.3 Å². The molecule has 0 aliphatic heterocycles. The molecule has 2 heterocycles. The third-order valence-corrected chi connectivity index (χ3v) is 8.06. The summed E-state index contributed by atoms with van der Waals surface area (Å²) in [6, 6.07) is 9.21. The van der Waals surface area contributed by atoms with Gasteiger partial charge in [-0.2, -0.15) is 0 Å². The normalized spacial score (nSPS) is 13.5. The first kappa shape index (κ1) is 23.5. The van der Waals surface area contributed by atoms with Crippen LogP contribution in [0.15, 0.2) is 53.0 Å². The van der Waals surface area contributed by atoms with Crippen molar-refractivity contribution >= 4 is 27.3 Å². The number of hydrogen-bond acceptors (Lipinski definition) is 6. The minimum atomic E-state index is -3.61. The average Bonchev–Trinajstić information content (AvgIpc) is 3.31. The molecule has 9 heteroatoms. The number of thiazole rings is 1. The Labute approximate surface area is 198 Å². The summed E-state index contributed by atoms with van der Waals surface area (Å²) in [4.78, 5) is 21.0. The van der Waals surface area contributed by atoms with Crippen LogP contribution >= 0.6 is 11.3 Å². The van der Waals surface area contributed by atoms with E-state index >= 15 is 0 Å². The lowest BCUT2D eigenvalue weighted by molar-refractivity contribution is -0.120. The summed E-state index contributed by atoms with van der Waals surface area (Å²) in [5.74, 6) is -0.167. The van der Waals surface area contributed by atoms with Gasteiger partial charge in [0.25, 0.3) is 0 Å². The topological polar surface area (TPSA) is 101 Å². The van der Waals surface area contributed by atoms with Crippen LogP contribution in [0.25, 0.3) is 11.3 Å². The van der Waals surface area contributed by atoms with Crippen molar-refractivity contribution in [3.63, 3.8) is 0 Å². The van der Waals surface area contributed by atoms with Gasteiger partial charge in [-0.05, 0) is 67.5 Å². The summed E-state index contributed by atoms with van der Waals surface area (Å²) in [6.07, 6.45) is 9.34. The summed E-state index contributed by atoms with van der Waals surface area (Å²) in [6.45, 7) is 0.605. The van der Waals surface area contributed by atoms with Crippen molar-refractivity contribution < 1.29 is 13.2 Å². The molecule has 33 heavy (non-hydrogen) atoms. The molecule has 1 aliphatic carbocycles. The number of hydrogen-bond donors (Lipinski definition) is 2. The Kier molecular flexibility index (Phi) is 7.85. The lowest BCUT2D eigenvalue weighted by Gasteiger charge is -2.16. The van der Waals surface area contributed by atoms with Gasteiger partial charge in [0.15, 0.2) is 0 Å². The van der Waals surface area contributed by atoms with E-state index in [1.807, 2.05) is 23.6 Å². The van der Waals surface area contributed by atoms with Crippen LogP contribution in [0.3, 0.4) is 0 Å². The zero-order valence-corrected chi connectivity index (χ0v) is 20.1. The molecule has 174 valence electrons. The van der Waals surface area contributed by atoms with Crippen LogP contribution in [0.5, 0.6) is 0 Å². The zero-order chi connectivity index (χ0) is 23.1. The number of pyridine rings is 1. The molecule has 0 radical (unpaired) electrons. The molecule has 0 bridgehead atoms. The summed E-state index contributed by atoms with van der Waals surface area (Å²) < 4.78 is 27.7. The molecule has 1 aliphatic rings. The van der Waals surface area contributed by atoms with Crippen LogP contribution in [-0.2, 0) is 34.1 Å². The Hall–Kier alpha value is -2.62.